The fraction of sp³-hybridized carbons (Fsp3) is 0.150. The maximum atomic E-state index is 13.6. The van der Waals surface area contributed by atoms with Crippen molar-refractivity contribution in [3.05, 3.63) is 84.1 Å². The van der Waals surface area contributed by atoms with Crippen LogP contribution in [0.25, 0.3) is 11.3 Å². The summed E-state index contributed by atoms with van der Waals surface area (Å²) in [7, 11) is 0. The Labute approximate surface area is 145 Å². The Morgan fingerprint density at radius 1 is 1.04 bits per heavy atom. The summed E-state index contributed by atoms with van der Waals surface area (Å²) in [6.45, 7) is 0.413. The van der Waals surface area contributed by atoms with E-state index in [2.05, 4.69) is 15.3 Å². The lowest BCUT2D eigenvalue weighted by Crippen LogP contribution is -2.23. The van der Waals surface area contributed by atoms with Crippen molar-refractivity contribution < 1.29 is 9.18 Å². The largest absolute Gasteiger partial charge is 0.352 e. The molecule has 25 heavy (non-hydrogen) atoms. The number of hydrogen-bond donors (Lipinski definition) is 1. The summed E-state index contributed by atoms with van der Waals surface area (Å²) in [5.74, 6) is -0.378. The van der Waals surface area contributed by atoms with E-state index in [9.17, 15) is 9.18 Å². The van der Waals surface area contributed by atoms with Gasteiger partial charge in [-0.2, -0.15) is 0 Å². The van der Waals surface area contributed by atoms with Crippen LogP contribution in [0.2, 0.25) is 0 Å². The predicted octanol–water partition coefficient (Wildman–Crippen LogP) is 3.53. The van der Waals surface area contributed by atoms with Crippen LogP contribution in [0.4, 0.5) is 4.39 Å². The fourth-order valence-electron chi connectivity index (χ4n) is 2.50. The molecule has 0 fully saturated rings. The summed E-state index contributed by atoms with van der Waals surface area (Å²) in [6.07, 6.45) is 5.79. The second kappa shape index (κ2) is 8.15. The number of rotatable bonds is 6. The molecule has 0 aliphatic rings. The van der Waals surface area contributed by atoms with Gasteiger partial charge in [-0.15, -0.1) is 0 Å². The van der Waals surface area contributed by atoms with Gasteiger partial charge in [-0.3, -0.25) is 14.8 Å². The molecule has 1 amide bonds. The third-order valence-electron chi connectivity index (χ3n) is 3.87. The van der Waals surface area contributed by atoms with Crippen LogP contribution in [0.1, 0.15) is 17.5 Å². The number of halogens is 1. The van der Waals surface area contributed by atoms with Crippen LogP contribution in [-0.4, -0.2) is 15.9 Å². The topological polar surface area (TPSA) is 54.9 Å². The molecule has 0 unspecified atom stereocenters. The molecule has 1 N–H and O–H groups in total. The molecule has 2 aromatic heterocycles. The molecule has 2 heterocycles. The van der Waals surface area contributed by atoms with Gasteiger partial charge in [0.15, 0.2) is 0 Å². The van der Waals surface area contributed by atoms with E-state index in [1.807, 2.05) is 24.3 Å². The van der Waals surface area contributed by atoms with Gasteiger partial charge in [0.2, 0.25) is 5.91 Å². The first kappa shape index (κ1) is 16.8. The number of amides is 1. The third-order valence-corrected chi connectivity index (χ3v) is 3.87. The van der Waals surface area contributed by atoms with Crippen molar-refractivity contribution >= 4 is 5.91 Å². The first-order valence-corrected chi connectivity index (χ1v) is 8.08. The van der Waals surface area contributed by atoms with Crippen LogP contribution in [-0.2, 0) is 17.8 Å². The Morgan fingerprint density at radius 3 is 2.64 bits per heavy atom. The average Bonchev–Trinajstić information content (AvgIpc) is 2.67. The van der Waals surface area contributed by atoms with Crippen molar-refractivity contribution in [1.82, 2.24) is 15.3 Å². The van der Waals surface area contributed by atoms with Crippen LogP contribution >= 0.6 is 0 Å². The third kappa shape index (κ3) is 4.70. The quantitative estimate of drug-likeness (QED) is 0.750. The Hall–Kier alpha value is -3.08. The zero-order valence-corrected chi connectivity index (χ0v) is 13.7. The summed E-state index contributed by atoms with van der Waals surface area (Å²) in [5.41, 5.74) is 3.32. The molecule has 0 aliphatic heterocycles. The predicted molar refractivity (Wildman–Crippen MR) is 94.0 cm³/mol. The van der Waals surface area contributed by atoms with Crippen molar-refractivity contribution in [2.45, 2.75) is 19.4 Å². The molecule has 0 atom stereocenters. The van der Waals surface area contributed by atoms with Crippen molar-refractivity contribution in [3.8, 4) is 11.3 Å². The molecule has 1 aromatic carbocycles. The van der Waals surface area contributed by atoms with E-state index in [0.29, 0.717) is 18.5 Å². The number of hydrogen-bond acceptors (Lipinski definition) is 3. The molecule has 0 saturated heterocycles. The Kier molecular flexibility index (Phi) is 5.46. The number of benzene rings is 1. The smallest absolute Gasteiger partial charge is 0.220 e. The van der Waals surface area contributed by atoms with Gasteiger partial charge in [0, 0.05) is 37.1 Å². The molecule has 0 aliphatic carbocycles. The molecule has 5 heteroatoms. The number of carbonyl (C=O) groups excluding carboxylic acids is 1. The molecule has 126 valence electrons. The van der Waals surface area contributed by atoms with Crippen LogP contribution in [0.3, 0.4) is 0 Å². The number of carbonyl (C=O) groups is 1. The summed E-state index contributed by atoms with van der Waals surface area (Å²) >= 11 is 0. The Bertz CT molecular complexity index is 852. The number of aryl methyl sites for hydroxylation is 1. The van der Waals surface area contributed by atoms with Crippen molar-refractivity contribution in [2.24, 2.45) is 0 Å². The van der Waals surface area contributed by atoms with Crippen LogP contribution in [0.5, 0.6) is 0 Å². The van der Waals surface area contributed by atoms with E-state index in [1.54, 1.807) is 36.8 Å². The number of nitrogens with zero attached hydrogens (tertiary/aromatic N) is 2. The highest BCUT2D eigenvalue weighted by atomic mass is 19.1. The van der Waals surface area contributed by atoms with Crippen molar-refractivity contribution in [3.63, 3.8) is 0 Å². The molecule has 0 bridgehead atoms. The zero-order chi connectivity index (χ0) is 17.5. The second-order valence-corrected chi connectivity index (χ2v) is 5.65. The number of nitrogens with one attached hydrogen (secondary N) is 1. The maximum Gasteiger partial charge on any atom is 0.220 e. The van der Waals surface area contributed by atoms with E-state index in [-0.39, 0.29) is 18.1 Å². The van der Waals surface area contributed by atoms with E-state index in [1.165, 1.54) is 6.07 Å². The van der Waals surface area contributed by atoms with Gasteiger partial charge >= 0.3 is 0 Å². The first-order valence-electron chi connectivity index (χ1n) is 8.08. The highest BCUT2D eigenvalue weighted by Crippen LogP contribution is 2.16. The monoisotopic (exact) mass is 335 g/mol. The number of pyridine rings is 2. The minimum Gasteiger partial charge on any atom is -0.352 e. The zero-order valence-electron chi connectivity index (χ0n) is 13.7. The van der Waals surface area contributed by atoms with Gasteiger partial charge in [0.1, 0.15) is 5.82 Å². The summed E-state index contributed by atoms with van der Waals surface area (Å²) < 4.78 is 13.6. The van der Waals surface area contributed by atoms with Gasteiger partial charge in [0.05, 0.1) is 5.69 Å². The van der Waals surface area contributed by atoms with Crippen LogP contribution in [0.15, 0.2) is 67.1 Å². The maximum absolute atomic E-state index is 13.6. The molecule has 0 spiro atoms. The van der Waals surface area contributed by atoms with Crippen LogP contribution in [0, 0.1) is 5.82 Å². The summed E-state index contributed by atoms with van der Waals surface area (Å²) in [6, 6.07) is 14.1. The van der Waals surface area contributed by atoms with E-state index in [0.717, 1.165) is 16.8 Å². The lowest BCUT2D eigenvalue weighted by molar-refractivity contribution is -0.121. The number of aromatic nitrogens is 2. The molecular formula is C20H18FN3O. The molecule has 3 aromatic rings. The van der Waals surface area contributed by atoms with E-state index in [4.69, 9.17) is 0 Å². The normalized spacial score (nSPS) is 10.4. The molecule has 3 rings (SSSR count). The fourth-order valence-corrected chi connectivity index (χ4v) is 2.50. The highest BCUT2D eigenvalue weighted by molar-refractivity contribution is 5.76. The van der Waals surface area contributed by atoms with E-state index >= 15 is 0 Å². The molecule has 4 nitrogen and oxygen atoms in total. The average molecular weight is 335 g/mol. The molecular weight excluding hydrogens is 317 g/mol. The van der Waals surface area contributed by atoms with Gasteiger partial charge in [-0.25, -0.2) is 4.39 Å². The molecule has 0 saturated carbocycles. The van der Waals surface area contributed by atoms with Gasteiger partial charge < -0.3 is 5.32 Å². The lowest BCUT2D eigenvalue weighted by atomic mass is 10.1. The van der Waals surface area contributed by atoms with E-state index < -0.39 is 0 Å². The second-order valence-electron chi connectivity index (χ2n) is 5.65. The molecule has 0 radical (unpaired) electrons. The van der Waals surface area contributed by atoms with Crippen molar-refractivity contribution in [1.29, 1.82) is 0 Å². The highest BCUT2D eigenvalue weighted by Gasteiger charge is 2.06. The van der Waals surface area contributed by atoms with Crippen molar-refractivity contribution in [2.75, 3.05) is 0 Å². The van der Waals surface area contributed by atoms with Gasteiger partial charge in [-0.1, -0.05) is 18.2 Å². The SMILES string of the molecule is O=C(CCc1ccccc1F)NCc1ccnc(-c2ccncc2)c1. The standard InChI is InChI=1S/C20H18FN3O/c21-18-4-2-1-3-16(18)5-6-20(25)24-14-15-7-12-23-19(13-15)17-8-10-22-11-9-17/h1-4,7-13H,5-6,14H2,(H,24,25). The Morgan fingerprint density at radius 2 is 1.84 bits per heavy atom. The van der Waals surface area contributed by atoms with Crippen LogP contribution < -0.4 is 5.32 Å². The van der Waals surface area contributed by atoms with Gasteiger partial charge in [0.25, 0.3) is 0 Å². The summed E-state index contributed by atoms with van der Waals surface area (Å²) in [5, 5.41) is 2.87. The Balaban J connectivity index is 1.55. The minimum absolute atomic E-state index is 0.106. The van der Waals surface area contributed by atoms with Gasteiger partial charge in [-0.05, 0) is 47.9 Å². The summed E-state index contributed by atoms with van der Waals surface area (Å²) in [4.78, 5) is 20.3. The lowest BCUT2D eigenvalue weighted by Gasteiger charge is -2.07. The minimum atomic E-state index is -0.272. The first-order chi connectivity index (χ1) is 12.2.